The summed E-state index contributed by atoms with van der Waals surface area (Å²) in [4.78, 5) is 11.3. The Kier molecular flexibility index (Phi) is 5.11. The Bertz CT molecular complexity index is 1190. The van der Waals surface area contributed by atoms with E-state index in [1.165, 1.54) is 16.8 Å². The molecule has 0 saturated carbocycles. The van der Waals surface area contributed by atoms with Crippen LogP contribution in [0.1, 0.15) is 0 Å². The Morgan fingerprint density at radius 3 is 2.83 bits per heavy atom. The van der Waals surface area contributed by atoms with Gasteiger partial charge in [-0.05, 0) is 18.2 Å². The summed E-state index contributed by atoms with van der Waals surface area (Å²) in [6.07, 6.45) is 3.49. The van der Waals surface area contributed by atoms with Gasteiger partial charge in [-0.2, -0.15) is 9.78 Å². The lowest BCUT2D eigenvalue weighted by Crippen LogP contribution is -2.38. The molecule has 0 atom stereocenters. The first-order valence-electron chi connectivity index (χ1n) is 9.55. The van der Waals surface area contributed by atoms with Gasteiger partial charge in [-0.1, -0.05) is 16.8 Å². The topological polar surface area (TPSA) is 86.8 Å². The highest BCUT2D eigenvalue weighted by molar-refractivity contribution is 6.30. The predicted octanol–water partition coefficient (Wildman–Crippen LogP) is 2.20. The highest BCUT2D eigenvalue weighted by atomic mass is 35.5. The molecule has 0 amide bonds. The fourth-order valence-electron chi connectivity index (χ4n) is 3.32. The molecule has 1 aliphatic heterocycles. The molecule has 1 fully saturated rings. The van der Waals surface area contributed by atoms with Crippen molar-refractivity contribution in [3.8, 4) is 17.2 Å². The van der Waals surface area contributed by atoms with Gasteiger partial charge in [-0.3, -0.25) is 9.58 Å². The number of benzene rings is 1. The van der Waals surface area contributed by atoms with Gasteiger partial charge >= 0.3 is 0 Å². The van der Waals surface area contributed by atoms with E-state index in [4.69, 9.17) is 16.3 Å². The van der Waals surface area contributed by atoms with Crippen LogP contribution in [-0.2, 0) is 11.3 Å². The van der Waals surface area contributed by atoms with Crippen LogP contribution < -0.4 is 0 Å². The molecule has 154 valence electrons. The molecule has 0 unspecified atom stereocenters. The van der Waals surface area contributed by atoms with Crippen molar-refractivity contribution in [2.75, 3.05) is 32.8 Å². The number of nitrogens with zero attached hydrogens (tertiary/aromatic N) is 8. The molecule has 0 spiro atoms. The summed E-state index contributed by atoms with van der Waals surface area (Å²) >= 11 is 5.78. The summed E-state index contributed by atoms with van der Waals surface area (Å²) in [7, 11) is 0. The van der Waals surface area contributed by atoms with Crippen molar-refractivity contribution >= 4 is 22.8 Å². The normalized spacial score (nSPS) is 15.1. The zero-order chi connectivity index (χ0) is 20.5. The van der Waals surface area contributed by atoms with Gasteiger partial charge in [0.1, 0.15) is 11.5 Å². The molecule has 4 aromatic rings. The Hall–Kier alpha value is -2.95. The Morgan fingerprint density at radius 2 is 2.00 bits per heavy atom. The van der Waals surface area contributed by atoms with Gasteiger partial charge in [-0.25, -0.2) is 14.4 Å². The lowest BCUT2D eigenvalue weighted by atomic mass is 10.3. The van der Waals surface area contributed by atoms with Crippen LogP contribution in [0.15, 0.2) is 36.7 Å². The van der Waals surface area contributed by atoms with Gasteiger partial charge in [0.2, 0.25) is 0 Å². The van der Waals surface area contributed by atoms with Crippen LogP contribution in [0.3, 0.4) is 0 Å². The number of halogens is 2. The van der Waals surface area contributed by atoms with Crippen molar-refractivity contribution in [3.05, 3.63) is 47.5 Å². The summed E-state index contributed by atoms with van der Waals surface area (Å²) in [6.45, 7) is 5.11. The molecule has 1 aromatic carbocycles. The van der Waals surface area contributed by atoms with Crippen molar-refractivity contribution in [2.45, 2.75) is 6.54 Å². The van der Waals surface area contributed by atoms with Crippen molar-refractivity contribution in [2.24, 2.45) is 0 Å². The van der Waals surface area contributed by atoms with Crippen LogP contribution in [0.4, 0.5) is 4.39 Å². The maximum atomic E-state index is 13.9. The second-order valence-electron chi connectivity index (χ2n) is 6.92. The quantitative estimate of drug-likeness (QED) is 0.481. The van der Waals surface area contributed by atoms with Crippen LogP contribution in [0.5, 0.6) is 0 Å². The van der Waals surface area contributed by atoms with Crippen LogP contribution in [-0.4, -0.2) is 72.5 Å². The van der Waals surface area contributed by atoms with Gasteiger partial charge in [0.05, 0.1) is 36.7 Å². The minimum atomic E-state index is -0.536. The number of hydrogen-bond acceptors (Lipinski definition) is 7. The van der Waals surface area contributed by atoms with Gasteiger partial charge < -0.3 is 4.74 Å². The minimum Gasteiger partial charge on any atom is -0.379 e. The highest BCUT2D eigenvalue weighted by Crippen LogP contribution is 2.21. The molecule has 5 rings (SSSR count). The van der Waals surface area contributed by atoms with Crippen molar-refractivity contribution < 1.29 is 9.13 Å². The average Bonchev–Trinajstić information content (AvgIpc) is 3.42. The van der Waals surface area contributed by atoms with E-state index >= 15 is 0 Å². The summed E-state index contributed by atoms with van der Waals surface area (Å²) < 4.78 is 22.6. The number of ether oxygens (including phenoxy) is 1. The Balaban J connectivity index is 1.40. The van der Waals surface area contributed by atoms with E-state index in [0.717, 1.165) is 39.4 Å². The monoisotopic (exact) mass is 428 g/mol. The Labute approximate surface area is 176 Å². The fourth-order valence-corrected chi connectivity index (χ4v) is 3.43. The average molecular weight is 429 g/mol. The van der Waals surface area contributed by atoms with E-state index in [2.05, 4.69) is 30.3 Å². The standard InChI is InChI=1S/C19H18ClFN8O/c20-14-2-1-13(11-15(14)21)29-19-17(24-26-29)12-22-18(23-19)16-3-4-28(25-16)6-5-27-7-9-30-10-8-27/h1-4,11-12H,5-10H2. The number of morpholine rings is 1. The van der Waals surface area contributed by atoms with E-state index in [1.54, 1.807) is 12.3 Å². The van der Waals surface area contributed by atoms with Gasteiger partial charge in [0.25, 0.3) is 0 Å². The number of rotatable bonds is 5. The highest BCUT2D eigenvalue weighted by Gasteiger charge is 2.15. The first kappa shape index (κ1) is 19.0. The van der Waals surface area contributed by atoms with Gasteiger partial charge in [0, 0.05) is 31.9 Å². The van der Waals surface area contributed by atoms with E-state index in [-0.39, 0.29) is 5.02 Å². The van der Waals surface area contributed by atoms with E-state index in [9.17, 15) is 4.39 Å². The van der Waals surface area contributed by atoms with Gasteiger partial charge in [-0.15, -0.1) is 5.10 Å². The maximum absolute atomic E-state index is 13.9. The molecule has 11 heteroatoms. The number of aromatic nitrogens is 7. The summed E-state index contributed by atoms with van der Waals surface area (Å²) in [5, 5.41) is 12.8. The summed E-state index contributed by atoms with van der Waals surface area (Å²) in [5.74, 6) is -0.0864. The molecule has 9 nitrogen and oxygen atoms in total. The third kappa shape index (κ3) is 3.76. The number of fused-ring (bicyclic) bond motifs is 1. The molecule has 0 aliphatic carbocycles. The molecule has 0 bridgehead atoms. The summed E-state index contributed by atoms with van der Waals surface area (Å²) in [6, 6.07) is 6.29. The smallest absolute Gasteiger partial charge is 0.187 e. The van der Waals surface area contributed by atoms with E-state index < -0.39 is 5.82 Å². The van der Waals surface area contributed by atoms with Crippen molar-refractivity contribution in [1.29, 1.82) is 0 Å². The second-order valence-corrected chi connectivity index (χ2v) is 7.33. The van der Waals surface area contributed by atoms with Crippen molar-refractivity contribution in [1.82, 2.24) is 39.6 Å². The molecule has 4 heterocycles. The zero-order valence-electron chi connectivity index (χ0n) is 15.9. The third-order valence-corrected chi connectivity index (χ3v) is 5.27. The first-order valence-corrected chi connectivity index (χ1v) is 9.93. The zero-order valence-corrected chi connectivity index (χ0v) is 16.7. The molecule has 30 heavy (non-hydrogen) atoms. The number of hydrogen-bond donors (Lipinski definition) is 0. The fraction of sp³-hybridized carbons (Fsp3) is 0.316. The van der Waals surface area contributed by atoms with E-state index in [1.807, 2.05) is 16.9 Å². The predicted molar refractivity (Wildman–Crippen MR) is 108 cm³/mol. The Morgan fingerprint density at radius 1 is 1.13 bits per heavy atom. The molecule has 1 aliphatic rings. The molecular formula is C19H18ClFN8O. The molecule has 0 radical (unpaired) electrons. The first-order chi connectivity index (χ1) is 14.7. The largest absolute Gasteiger partial charge is 0.379 e. The van der Waals surface area contributed by atoms with Crippen LogP contribution >= 0.6 is 11.6 Å². The van der Waals surface area contributed by atoms with Crippen LogP contribution in [0.25, 0.3) is 28.4 Å². The maximum Gasteiger partial charge on any atom is 0.187 e. The van der Waals surface area contributed by atoms with E-state index in [0.29, 0.717) is 28.4 Å². The van der Waals surface area contributed by atoms with Crippen molar-refractivity contribution in [3.63, 3.8) is 0 Å². The SMILES string of the molecule is Fc1cc(-n2nnc3cnc(-c4ccn(CCN5CCOCC5)n4)nc32)ccc1Cl. The van der Waals surface area contributed by atoms with Gasteiger partial charge in [0.15, 0.2) is 17.0 Å². The lowest BCUT2D eigenvalue weighted by molar-refractivity contribution is 0.0360. The minimum absolute atomic E-state index is 0.0427. The van der Waals surface area contributed by atoms with Crippen LogP contribution in [0, 0.1) is 5.82 Å². The molecule has 3 aromatic heterocycles. The molecular weight excluding hydrogens is 411 g/mol. The summed E-state index contributed by atoms with van der Waals surface area (Å²) in [5.41, 5.74) is 2.08. The lowest BCUT2D eigenvalue weighted by Gasteiger charge is -2.26. The third-order valence-electron chi connectivity index (χ3n) is 4.96. The second kappa shape index (κ2) is 8.05. The molecule has 0 N–H and O–H groups in total. The molecule has 1 saturated heterocycles. The van der Waals surface area contributed by atoms with Crippen LogP contribution in [0.2, 0.25) is 5.02 Å².